The number of primary amides is 1. The number of carbonyl (C=O) groups excluding carboxylic acids is 2. The molecule has 2 rings (SSSR count). The lowest BCUT2D eigenvalue weighted by Gasteiger charge is -2.18. The van der Waals surface area contributed by atoms with Gasteiger partial charge in [0.25, 0.3) is 0 Å². The number of thiophene rings is 1. The van der Waals surface area contributed by atoms with E-state index in [2.05, 4.69) is 41.8 Å². The van der Waals surface area contributed by atoms with Crippen LogP contribution in [-0.2, 0) is 11.2 Å². The van der Waals surface area contributed by atoms with E-state index in [1.165, 1.54) is 5.56 Å². The molecule has 0 saturated carbocycles. The number of nitrogens with two attached hydrogens (primary N) is 1. The fourth-order valence-corrected chi connectivity index (χ4v) is 3.60. The van der Waals surface area contributed by atoms with Crippen molar-refractivity contribution in [3.8, 4) is 0 Å². The molecular formula is C20H27N3O2S. The smallest absolute Gasteiger partial charge is 0.312 e. The summed E-state index contributed by atoms with van der Waals surface area (Å²) >= 11 is 1.64. The molecule has 1 unspecified atom stereocenters. The van der Waals surface area contributed by atoms with Gasteiger partial charge in [-0.1, -0.05) is 43.7 Å². The van der Waals surface area contributed by atoms with Gasteiger partial charge in [0.15, 0.2) is 0 Å². The van der Waals surface area contributed by atoms with Crippen LogP contribution in [0, 0.1) is 0 Å². The van der Waals surface area contributed by atoms with Crippen LogP contribution in [0.2, 0.25) is 0 Å². The van der Waals surface area contributed by atoms with Crippen LogP contribution in [0.1, 0.15) is 54.7 Å². The van der Waals surface area contributed by atoms with Crippen LogP contribution in [0.5, 0.6) is 0 Å². The molecule has 26 heavy (non-hydrogen) atoms. The molecule has 3 amide bonds. The third kappa shape index (κ3) is 6.52. The van der Waals surface area contributed by atoms with Crippen molar-refractivity contribution in [2.24, 2.45) is 5.73 Å². The van der Waals surface area contributed by atoms with E-state index in [9.17, 15) is 9.59 Å². The first-order chi connectivity index (χ1) is 12.6. The summed E-state index contributed by atoms with van der Waals surface area (Å²) in [5.74, 6) is 0.0140. The van der Waals surface area contributed by atoms with Crippen molar-refractivity contribution in [1.82, 2.24) is 10.6 Å². The van der Waals surface area contributed by atoms with Crippen molar-refractivity contribution < 1.29 is 9.59 Å². The van der Waals surface area contributed by atoms with Gasteiger partial charge in [0.2, 0.25) is 5.91 Å². The molecular weight excluding hydrogens is 346 g/mol. The average Bonchev–Trinajstić information content (AvgIpc) is 3.14. The van der Waals surface area contributed by atoms with Crippen molar-refractivity contribution in [2.75, 3.05) is 6.54 Å². The zero-order chi connectivity index (χ0) is 18.8. The number of nitrogens with one attached hydrogen (secondary N) is 2. The Balaban J connectivity index is 1.95. The zero-order valence-electron chi connectivity index (χ0n) is 15.2. The largest absolute Gasteiger partial charge is 0.352 e. The molecule has 1 atom stereocenters. The Labute approximate surface area is 159 Å². The van der Waals surface area contributed by atoms with Gasteiger partial charge in [-0.2, -0.15) is 0 Å². The van der Waals surface area contributed by atoms with Crippen LogP contribution in [-0.4, -0.2) is 18.5 Å². The van der Waals surface area contributed by atoms with Gasteiger partial charge in [-0.05, 0) is 41.8 Å². The monoisotopic (exact) mass is 373 g/mol. The lowest BCUT2D eigenvalue weighted by Crippen LogP contribution is -2.31. The van der Waals surface area contributed by atoms with Crippen molar-refractivity contribution in [1.29, 1.82) is 0 Å². The zero-order valence-corrected chi connectivity index (χ0v) is 16.0. The Bertz CT molecular complexity index is 684. The number of benzene rings is 1. The number of urea groups is 1. The van der Waals surface area contributed by atoms with Crippen LogP contribution in [0.4, 0.5) is 4.79 Å². The highest BCUT2D eigenvalue weighted by Gasteiger charge is 2.17. The number of hydrogen-bond acceptors (Lipinski definition) is 3. The minimum Gasteiger partial charge on any atom is -0.352 e. The van der Waals surface area contributed by atoms with E-state index < -0.39 is 6.03 Å². The minimum atomic E-state index is -0.529. The van der Waals surface area contributed by atoms with Gasteiger partial charge >= 0.3 is 6.03 Å². The van der Waals surface area contributed by atoms with Crippen LogP contribution in [0.15, 0.2) is 41.8 Å². The Morgan fingerprint density at radius 1 is 1.15 bits per heavy atom. The maximum Gasteiger partial charge on any atom is 0.312 e. The topological polar surface area (TPSA) is 84.2 Å². The number of unbranched alkanes of at least 4 members (excludes halogenated alkanes) is 1. The molecule has 140 valence electrons. The molecule has 0 fully saturated rings. The molecule has 0 radical (unpaired) electrons. The van der Waals surface area contributed by atoms with Crippen LogP contribution in [0.3, 0.4) is 0 Å². The number of aryl methyl sites for hydroxylation is 1. The molecule has 0 spiro atoms. The summed E-state index contributed by atoms with van der Waals surface area (Å²) in [7, 11) is 0. The SMILES string of the molecule is CCCc1ccc(C(NC(=O)CCCCNC(N)=O)c2cccs2)cc1. The molecule has 0 aliphatic rings. The Morgan fingerprint density at radius 2 is 1.92 bits per heavy atom. The van der Waals surface area contributed by atoms with Gasteiger partial charge in [0.05, 0.1) is 6.04 Å². The molecule has 2 aromatic rings. The number of amides is 3. The van der Waals surface area contributed by atoms with E-state index in [0.29, 0.717) is 19.4 Å². The van der Waals surface area contributed by atoms with E-state index >= 15 is 0 Å². The number of hydrogen-bond donors (Lipinski definition) is 3. The summed E-state index contributed by atoms with van der Waals surface area (Å²) in [5.41, 5.74) is 7.43. The molecule has 0 saturated heterocycles. The fourth-order valence-electron chi connectivity index (χ4n) is 2.79. The van der Waals surface area contributed by atoms with E-state index in [1.807, 2.05) is 17.5 Å². The van der Waals surface area contributed by atoms with E-state index in [-0.39, 0.29) is 11.9 Å². The quantitative estimate of drug-likeness (QED) is 0.554. The van der Waals surface area contributed by atoms with Gasteiger partial charge in [-0.25, -0.2) is 4.79 Å². The fraction of sp³-hybridized carbons (Fsp3) is 0.400. The summed E-state index contributed by atoms with van der Waals surface area (Å²) in [5, 5.41) is 7.70. The van der Waals surface area contributed by atoms with Crippen LogP contribution < -0.4 is 16.4 Å². The molecule has 1 aromatic heterocycles. The molecule has 0 aliphatic heterocycles. The second-order valence-electron chi connectivity index (χ2n) is 6.26. The molecule has 5 nitrogen and oxygen atoms in total. The molecule has 1 heterocycles. The molecule has 0 aliphatic carbocycles. The molecule has 4 N–H and O–H groups in total. The van der Waals surface area contributed by atoms with Crippen LogP contribution in [0.25, 0.3) is 0 Å². The van der Waals surface area contributed by atoms with Crippen molar-refractivity contribution in [2.45, 2.75) is 45.1 Å². The van der Waals surface area contributed by atoms with Gasteiger partial charge < -0.3 is 16.4 Å². The normalized spacial score (nSPS) is 11.7. The predicted molar refractivity (Wildman–Crippen MR) is 106 cm³/mol. The maximum atomic E-state index is 12.4. The summed E-state index contributed by atoms with van der Waals surface area (Å²) in [4.78, 5) is 24.1. The van der Waals surface area contributed by atoms with Gasteiger partial charge in [-0.3, -0.25) is 4.79 Å². The predicted octanol–water partition coefficient (Wildman–Crippen LogP) is 3.74. The highest BCUT2D eigenvalue weighted by atomic mass is 32.1. The molecule has 0 bridgehead atoms. The van der Waals surface area contributed by atoms with E-state index in [1.54, 1.807) is 11.3 Å². The highest BCUT2D eigenvalue weighted by Crippen LogP contribution is 2.26. The van der Waals surface area contributed by atoms with Gasteiger partial charge in [-0.15, -0.1) is 11.3 Å². The second-order valence-corrected chi connectivity index (χ2v) is 7.23. The third-order valence-corrected chi connectivity index (χ3v) is 5.05. The minimum absolute atomic E-state index is 0.0140. The standard InChI is InChI=1S/C20H27N3O2S/c1-2-6-15-9-11-16(12-10-15)19(17-7-5-14-26-17)23-18(24)8-3-4-13-22-20(21)25/h5,7,9-12,14,19H,2-4,6,8,13H2,1H3,(H,23,24)(H3,21,22,25). The summed E-state index contributed by atoms with van der Waals surface area (Å²) in [6, 6.07) is 11.9. The average molecular weight is 374 g/mol. The Morgan fingerprint density at radius 3 is 2.54 bits per heavy atom. The van der Waals surface area contributed by atoms with E-state index in [4.69, 9.17) is 5.73 Å². The second kappa shape index (κ2) is 10.6. The first kappa shape index (κ1) is 20.0. The molecule has 1 aromatic carbocycles. The lowest BCUT2D eigenvalue weighted by molar-refractivity contribution is -0.121. The van der Waals surface area contributed by atoms with Gasteiger partial charge in [0.1, 0.15) is 0 Å². The van der Waals surface area contributed by atoms with Crippen molar-refractivity contribution in [3.05, 3.63) is 57.8 Å². The van der Waals surface area contributed by atoms with E-state index in [0.717, 1.165) is 29.7 Å². The summed E-state index contributed by atoms with van der Waals surface area (Å²) < 4.78 is 0. The first-order valence-electron chi connectivity index (χ1n) is 9.05. The Hall–Kier alpha value is -2.34. The van der Waals surface area contributed by atoms with Crippen LogP contribution >= 0.6 is 11.3 Å². The number of carbonyl (C=O) groups is 2. The number of rotatable bonds is 10. The summed E-state index contributed by atoms with van der Waals surface area (Å²) in [6.07, 6.45) is 4.05. The summed E-state index contributed by atoms with van der Waals surface area (Å²) in [6.45, 7) is 2.66. The molecule has 6 heteroatoms. The Kier molecular flexibility index (Phi) is 8.15. The maximum absolute atomic E-state index is 12.4. The lowest BCUT2D eigenvalue weighted by atomic mass is 10.0. The van der Waals surface area contributed by atoms with Crippen molar-refractivity contribution in [3.63, 3.8) is 0 Å². The van der Waals surface area contributed by atoms with Gasteiger partial charge in [0, 0.05) is 17.8 Å². The first-order valence-corrected chi connectivity index (χ1v) is 9.93. The third-order valence-electron chi connectivity index (χ3n) is 4.11. The van der Waals surface area contributed by atoms with Crippen molar-refractivity contribution >= 4 is 23.3 Å². The highest BCUT2D eigenvalue weighted by molar-refractivity contribution is 7.10.